The minimum Gasteiger partial charge on any atom is -0.495 e. The van der Waals surface area contributed by atoms with Crippen molar-refractivity contribution in [3.05, 3.63) is 76.4 Å². The number of carbonyl (C=O) groups is 1. The summed E-state index contributed by atoms with van der Waals surface area (Å²) in [6.07, 6.45) is 10.7. The lowest BCUT2D eigenvalue weighted by molar-refractivity contribution is 0.0641. The molecule has 1 saturated carbocycles. The van der Waals surface area contributed by atoms with Crippen LogP contribution in [-0.4, -0.2) is 104 Å². The number of hydrogen-bond acceptors (Lipinski definition) is 12. The summed E-state index contributed by atoms with van der Waals surface area (Å²) in [6.45, 7) is 9.40. The van der Waals surface area contributed by atoms with Gasteiger partial charge in [0.2, 0.25) is 5.95 Å². The second-order valence-electron chi connectivity index (χ2n) is 14.5. The summed E-state index contributed by atoms with van der Waals surface area (Å²) in [5, 5.41) is 23.7. The molecule has 0 bridgehead atoms. The summed E-state index contributed by atoms with van der Waals surface area (Å²) < 4.78 is 7.88. The molecule has 282 valence electrons. The first kappa shape index (κ1) is 35.5. The van der Waals surface area contributed by atoms with Crippen molar-refractivity contribution in [3.8, 4) is 11.4 Å². The monoisotopic (exact) mass is 732 g/mol. The molecule has 2 fully saturated rings. The van der Waals surface area contributed by atoms with Crippen LogP contribution in [0.2, 0.25) is 0 Å². The highest BCUT2D eigenvalue weighted by atomic mass is 16.5. The number of carbonyl (C=O) groups excluding carboxylic acids is 1. The average Bonchev–Trinajstić information content (AvgIpc) is 3.59. The number of rotatable bonds is 11. The number of aromatic nitrogens is 7. The Hall–Kier alpha value is -5.57. The van der Waals surface area contributed by atoms with Gasteiger partial charge in [-0.05, 0) is 62.4 Å². The fourth-order valence-electron chi connectivity index (χ4n) is 8.27. The Balaban J connectivity index is 0.925. The summed E-state index contributed by atoms with van der Waals surface area (Å²) in [4.78, 5) is 42.3. The maximum absolute atomic E-state index is 13.7. The van der Waals surface area contributed by atoms with Crippen molar-refractivity contribution in [3.63, 3.8) is 0 Å². The molecule has 1 saturated heterocycles. The van der Waals surface area contributed by atoms with Gasteiger partial charge in [-0.1, -0.05) is 32.3 Å². The molecule has 0 unspecified atom stereocenters. The van der Waals surface area contributed by atoms with E-state index in [9.17, 15) is 9.59 Å². The van der Waals surface area contributed by atoms with E-state index in [1.54, 1.807) is 25.4 Å². The van der Waals surface area contributed by atoms with Crippen molar-refractivity contribution >= 4 is 39.8 Å². The molecule has 1 atom stereocenters. The Kier molecular flexibility index (Phi) is 10.1. The van der Waals surface area contributed by atoms with Gasteiger partial charge in [-0.3, -0.25) is 19.1 Å². The maximum atomic E-state index is 13.7. The highest BCUT2D eigenvalue weighted by Gasteiger charge is 2.36. The molecule has 2 aromatic carbocycles. The number of hydrogen-bond donors (Lipinski definition) is 3. The van der Waals surface area contributed by atoms with Crippen LogP contribution >= 0.6 is 0 Å². The van der Waals surface area contributed by atoms with E-state index >= 15 is 0 Å². The van der Waals surface area contributed by atoms with E-state index < -0.39 is 0 Å². The molecular formula is C39H48N12O3. The van der Waals surface area contributed by atoms with E-state index in [0.29, 0.717) is 53.9 Å². The highest BCUT2D eigenvalue weighted by molar-refractivity contribution is 5.95. The Morgan fingerprint density at radius 3 is 2.63 bits per heavy atom. The molecule has 1 amide bonds. The average molecular weight is 733 g/mol. The van der Waals surface area contributed by atoms with Crippen LogP contribution in [0.4, 0.5) is 23.1 Å². The summed E-state index contributed by atoms with van der Waals surface area (Å²) in [5.74, 6) is 4.23. The number of nitrogens with zero attached hydrogens (tertiary/aromatic N) is 9. The van der Waals surface area contributed by atoms with Gasteiger partial charge in [-0.2, -0.15) is 10.1 Å². The number of methoxy groups -OCH3 is 1. The first-order chi connectivity index (χ1) is 26.4. The van der Waals surface area contributed by atoms with E-state index in [2.05, 4.69) is 52.3 Å². The number of aryl methyl sites for hydroxylation is 1. The molecule has 3 aliphatic rings. The van der Waals surface area contributed by atoms with E-state index in [1.165, 1.54) is 32.1 Å². The third-order valence-corrected chi connectivity index (χ3v) is 11.2. The van der Waals surface area contributed by atoms with E-state index in [1.807, 2.05) is 42.3 Å². The lowest BCUT2D eigenvalue weighted by Gasteiger charge is -2.39. The zero-order valence-electron chi connectivity index (χ0n) is 31.2. The number of aromatic amines is 1. The van der Waals surface area contributed by atoms with Gasteiger partial charge in [0.1, 0.15) is 17.3 Å². The number of H-pyrrole nitrogens is 1. The Morgan fingerprint density at radius 2 is 1.83 bits per heavy atom. The molecule has 0 spiro atoms. The van der Waals surface area contributed by atoms with Crippen molar-refractivity contribution in [1.82, 2.24) is 44.7 Å². The summed E-state index contributed by atoms with van der Waals surface area (Å²) >= 11 is 0. The smallest absolute Gasteiger partial charge is 0.272 e. The quantitative estimate of drug-likeness (QED) is 0.166. The lowest BCUT2D eigenvalue weighted by Crippen LogP contribution is -2.49. The van der Waals surface area contributed by atoms with Gasteiger partial charge >= 0.3 is 0 Å². The van der Waals surface area contributed by atoms with Gasteiger partial charge in [0, 0.05) is 62.5 Å². The Labute approximate surface area is 314 Å². The van der Waals surface area contributed by atoms with Gasteiger partial charge in [0.25, 0.3) is 11.5 Å². The lowest BCUT2D eigenvalue weighted by atomic mass is 9.88. The highest BCUT2D eigenvalue weighted by Crippen LogP contribution is 2.41. The summed E-state index contributed by atoms with van der Waals surface area (Å²) in [5.41, 5.74) is 2.82. The first-order valence-corrected chi connectivity index (χ1v) is 19.1. The van der Waals surface area contributed by atoms with Crippen molar-refractivity contribution in [2.45, 2.75) is 58.4 Å². The second-order valence-corrected chi connectivity index (χ2v) is 14.5. The predicted octanol–water partition coefficient (Wildman–Crippen LogP) is 5.08. The number of nitrogens with one attached hydrogen (secondary N) is 3. The zero-order valence-corrected chi connectivity index (χ0v) is 31.2. The van der Waals surface area contributed by atoms with Gasteiger partial charge in [0.05, 0.1) is 36.6 Å². The molecule has 8 rings (SSSR count). The minimum absolute atomic E-state index is 0.0276. The van der Waals surface area contributed by atoms with Gasteiger partial charge in [-0.25, -0.2) is 10.1 Å². The topological polar surface area (TPSA) is 162 Å². The number of benzene rings is 2. The standard InChI is InChI=1S/C39H48N12O3/c1-4-32-36-46-45-25(2)51(36)33-23-41-39(44-35(33)50(32)24-26-9-6-5-7-10-26)43-31-14-13-27(21-34(31)54-3)38(53)49-19-17-48(18-20-49)16-15-40-30-12-8-11-28-29(30)22-42-47-37(28)52/h8,11-14,21-23,26,32,40H,4-7,9-10,15-20,24H2,1-3H3,(H,47,52)(H,41,43,44)/t32-/m1/s1. The second kappa shape index (κ2) is 15.4. The van der Waals surface area contributed by atoms with Crippen LogP contribution in [0.1, 0.15) is 73.5 Å². The van der Waals surface area contributed by atoms with Gasteiger partial charge < -0.3 is 25.2 Å². The van der Waals surface area contributed by atoms with Crippen LogP contribution in [0.15, 0.2) is 53.6 Å². The molecule has 2 aliphatic heterocycles. The molecule has 15 nitrogen and oxygen atoms in total. The van der Waals surface area contributed by atoms with Gasteiger partial charge in [0.15, 0.2) is 11.6 Å². The molecule has 3 aromatic heterocycles. The molecule has 1 aliphatic carbocycles. The summed E-state index contributed by atoms with van der Waals surface area (Å²) in [6, 6.07) is 11.2. The number of fused-ring (bicyclic) bond motifs is 4. The number of amides is 1. The number of piperazine rings is 1. The van der Waals surface area contributed by atoms with Crippen LogP contribution in [-0.2, 0) is 0 Å². The maximum Gasteiger partial charge on any atom is 0.272 e. The minimum atomic E-state index is -0.201. The van der Waals surface area contributed by atoms with E-state index in [0.717, 1.165) is 66.8 Å². The normalized spacial score (nSPS) is 17.6. The molecule has 0 radical (unpaired) electrons. The molecule has 5 aromatic rings. The SMILES string of the molecule is CC[C@@H]1c2nnc(C)n2-c2cnc(Nc3ccc(C(=O)N4CCN(CCNc5cccc6c(=O)[nH]ncc56)CC4)cc3OC)nc2N1CC1CCCCC1. The predicted molar refractivity (Wildman–Crippen MR) is 208 cm³/mol. The fraction of sp³-hybridized carbons (Fsp3) is 0.462. The van der Waals surface area contributed by atoms with E-state index in [-0.39, 0.29) is 17.5 Å². The van der Waals surface area contributed by atoms with Crippen LogP contribution in [0.3, 0.4) is 0 Å². The molecule has 54 heavy (non-hydrogen) atoms. The van der Waals surface area contributed by atoms with Crippen molar-refractivity contribution in [2.24, 2.45) is 5.92 Å². The number of ether oxygens (including phenoxy) is 1. The number of anilines is 4. The fourth-order valence-corrected chi connectivity index (χ4v) is 8.27. The molecule has 5 heterocycles. The third-order valence-electron chi connectivity index (χ3n) is 11.2. The van der Waals surface area contributed by atoms with Crippen molar-refractivity contribution < 1.29 is 9.53 Å². The largest absolute Gasteiger partial charge is 0.495 e. The van der Waals surface area contributed by atoms with Gasteiger partial charge in [-0.15, -0.1) is 10.2 Å². The third kappa shape index (κ3) is 6.95. The van der Waals surface area contributed by atoms with Crippen LogP contribution in [0, 0.1) is 12.8 Å². The van der Waals surface area contributed by atoms with Crippen LogP contribution in [0.25, 0.3) is 16.5 Å². The van der Waals surface area contributed by atoms with E-state index in [4.69, 9.17) is 14.7 Å². The molecule has 3 N–H and O–H groups in total. The Morgan fingerprint density at radius 1 is 1.00 bits per heavy atom. The summed E-state index contributed by atoms with van der Waals surface area (Å²) in [7, 11) is 1.61. The molecular weight excluding hydrogens is 685 g/mol. The molecule has 15 heteroatoms. The van der Waals surface area contributed by atoms with Crippen molar-refractivity contribution in [1.29, 1.82) is 0 Å². The van der Waals surface area contributed by atoms with Crippen LogP contribution < -0.4 is 25.8 Å². The Bertz CT molecular complexity index is 2190. The van der Waals surface area contributed by atoms with Crippen molar-refractivity contribution in [2.75, 3.05) is 68.5 Å². The first-order valence-electron chi connectivity index (χ1n) is 19.1. The zero-order chi connectivity index (χ0) is 37.2. The van der Waals surface area contributed by atoms with Crippen LogP contribution in [0.5, 0.6) is 5.75 Å².